The quantitative estimate of drug-likeness (QED) is 0.270. The van der Waals surface area contributed by atoms with Gasteiger partial charge in [0, 0.05) is 7.05 Å². The van der Waals surface area contributed by atoms with Crippen molar-refractivity contribution in [2.45, 2.75) is 0 Å². The maximum Gasteiger partial charge on any atom is 1.00 e. The third kappa shape index (κ3) is 1.83. The molecule has 0 aromatic carbocycles. The first-order valence-electron chi connectivity index (χ1n) is 1.81. The normalized spacial score (nSPS) is 18.0. The van der Waals surface area contributed by atoms with E-state index in [4.69, 9.17) is 0 Å². The van der Waals surface area contributed by atoms with Gasteiger partial charge in [-0.3, -0.25) is 5.01 Å². The Morgan fingerprint density at radius 3 is 2.50 bits per heavy atom. The van der Waals surface area contributed by atoms with Crippen LogP contribution in [0.15, 0.2) is 5.10 Å². The van der Waals surface area contributed by atoms with E-state index in [1.54, 1.807) is 11.3 Å². The molecule has 0 aromatic rings. The summed E-state index contributed by atoms with van der Waals surface area (Å²) in [4.78, 5) is 0. The van der Waals surface area contributed by atoms with Crippen LogP contribution < -0.4 is 35.1 Å². The molecule has 1 aliphatic rings. The van der Waals surface area contributed by atoms with Crippen molar-refractivity contribution in [2.24, 2.45) is 5.10 Å². The van der Waals surface area contributed by atoms with Gasteiger partial charge >= 0.3 is 29.6 Å². The molecule has 1 N–H and O–H groups in total. The largest absolute Gasteiger partial charge is 1.00 e. The Morgan fingerprint density at radius 2 is 2.38 bits per heavy atom. The number of hydrazone groups is 1. The van der Waals surface area contributed by atoms with Crippen molar-refractivity contribution in [3.63, 3.8) is 0 Å². The Balaban J connectivity index is 0.000000490. The van der Waals surface area contributed by atoms with E-state index in [0.29, 0.717) is 0 Å². The van der Waals surface area contributed by atoms with E-state index in [2.05, 4.69) is 23.5 Å². The number of thiol groups is 1. The van der Waals surface area contributed by atoms with Gasteiger partial charge in [-0.2, -0.15) is 5.10 Å². The molecule has 0 amide bonds. The summed E-state index contributed by atoms with van der Waals surface area (Å²) < 4.78 is 1.46. The fraction of sp³-hybridized carbons (Fsp3) is 0.500. The number of hydrogen-bond donors (Lipinski definition) is 2. The Kier molecular flexibility index (Phi) is 3.84. The van der Waals surface area contributed by atoms with E-state index >= 15 is 0 Å². The number of hydrogen-bond acceptors (Lipinski definition) is 5. The van der Waals surface area contributed by atoms with E-state index in [0.717, 1.165) is 0 Å². The Bertz CT molecular complexity index is 96.0. The third-order valence-corrected chi connectivity index (χ3v) is 1.04. The van der Waals surface area contributed by atoms with Gasteiger partial charge in [-0.1, -0.05) is 4.52 Å². The predicted octanol–water partition coefficient (Wildman–Crippen LogP) is -3.55. The molecule has 0 saturated carbocycles. The molecule has 1 rings (SSSR count). The van der Waals surface area contributed by atoms with Crippen molar-refractivity contribution in [1.29, 1.82) is 0 Å². The minimum Gasteiger partial charge on any atom is -0.268 e. The molecule has 0 spiro atoms. The van der Waals surface area contributed by atoms with Crippen LogP contribution in [-0.2, 0) is 0 Å². The zero-order chi connectivity index (χ0) is 5.28. The minimum absolute atomic E-state index is 0. The molecule has 0 fully saturated rings. The average Bonchev–Trinajstić information content (AvgIpc) is 1.91. The summed E-state index contributed by atoms with van der Waals surface area (Å²) in [5, 5.41) is 5.34. The number of hydrazine groups is 2. The maximum atomic E-state index is 3.91. The van der Waals surface area contributed by atoms with Crippen LogP contribution in [0.5, 0.6) is 0 Å². The van der Waals surface area contributed by atoms with Crippen LogP contribution in [0.4, 0.5) is 0 Å². The van der Waals surface area contributed by atoms with Crippen molar-refractivity contribution < 1.29 is 29.6 Å². The number of nitrogens with one attached hydrogen (secondary N) is 1. The zero-order valence-electron chi connectivity index (χ0n) is 4.87. The average molecular weight is 141 g/mol. The molecule has 1 aliphatic heterocycles. The summed E-state index contributed by atoms with van der Waals surface area (Å²) in [6, 6.07) is 0. The minimum atomic E-state index is 0. The molecule has 0 radical (unpaired) electrons. The van der Waals surface area contributed by atoms with Crippen molar-refractivity contribution in [3.8, 4) is 0 Å². The molecule has 0 saturated heterocycles. The summed E-state index contributed by atoms with van der Waals surface area (Å²) >= 11 is 3.91. The molecule has 6 heteroatoms. The first-order valence-corrected chi connectivity index (χ1v) is 2.21. The summed E-state index contributed by atoms with van der Waals surface area (Å²) in [5.41, 5.74) is 2.56. The monoisotopic (exact) mass is 141 g/mol. The predicted molar refractivity (Wildman–Crippen MR) is 30.2 cm³/mol. The van der Waals surface area contributed by atoms with E-state index in [9.17, 15) is 0 Å². The molecule has 0 bridgehead atoms. The summed E-state index contributed by atoms with van der Waals surface area (Å²) in [6.45, 7) is 0. The number of nitrogens with zero attached hydrogens (tertiary/aromatic N) is 3. The first kappa shape index (κ1) is 8.58. The van der Waals surface area contributed by atoms with Gasteiger partial charge in [0.1, 0.15) is 6.34 Å². The van der Waals surface area contributed by atoms with Crippen molar-refractivity contribution in [3.05, 3.63) is 0 Å². The van der Waals surface area contributed by atoms with Crippen LogP contribution in [0.25, 0.3) is 0 Å². The van der Waals surface area contributed by atoms with E-state index in [1.165, 1.54) is 4.52 Å². The van der Waals surface area contributed by atoms with Gasteiger partial charge in [-0.15, -0.1) is 0 Å². The van der Waals surface area contributed by atoms with Crippen LogP contribution in [-0.4, -0.2) is 22.9 Å². The van der Waals surface area contributed by atoms with Gasteiger partial charge in [0.05, 0.1) is 0 Å². The molecule has 0 atom stereocenters. The Hall–Kier alpha value is 0.580. The summed E-state index contributed by atoms with van der Waals surface area (Å²) in [6.07, 6.45) is 1.62. The molecule has 1 heterocycles. The SMILES string of the molecule is CN1C=NNN1S.[Na+]. The first-order chi connectivity index (χ1) is 3.30. The molecule has 0 aromatic heterocycles. The fourth-order valence-electron chi connectivity index (χ4n) is 0.280. The third-order valence-electron chi connectivity index (χ3n) is 0.671. The second-order valence-corrected chi connectivity index (χ2v) is 1.59. The van der Waals surface area contributed by atoms with E-state index in [1.807, 2.05) is 7.05 Å². The van der Waals surface area contributed by atoms with E-state index < -0.39 is 0 Å². The summed E-state index contributed by atoms with van der Waals surface area (Å²) in [7, 11) is 1.83. The smallest absolute Gasteiger partial charge is 0.268 e. The van der Waals surface area contributed by atoms with Crippen LogP contribution in [0.1, 0.15) is 0 Å². The van der Waals surface area contributed by atoms with Crippen molar-refractivity contribution in [1.82, 2.24) is 15.1 Å². The summed E-state index contributed by atoms with van der Waals surface area (Å²) in [5.74, 6) is 0. The van der Waals surface area contributed by atoms with Crippen LogP contribution in [0.2, 0.25) is 0 Å². The van der Waals surface area contributed by atoms with Crippen molar-refractivity contribution >= 4 is 19.2 Å². The standard InChI is InChI=1S/C2H6N4S.Na/c1-5-2-3-4-6(5)7;/h2,4,7H,1H3;/q;+1. The second-order valence-electron chi connectivity index (χ2n) is 1.21. The van der Waals surface area contributed by atoms with Crippen LogP contribution >= 0.6 is 12.8 Å². The zero-order valence-corrected chi connectivity index (χ0v) is 7.76. The van der Waals surface area contributed by atoms with Gasteiger partial charge in [-0.25, -0.2) is 5.53 Å². The molecular formula is C2H6N4NaS+. The number of rotatable bonds is 0. The van der Waals surface area contributed by atoms with Crippen LogP contribution in [0, 0.1) is 0 Å². The van der Waals surface area contributed by atoms with Crippen LogP contribution in [0.3, 0.4) is 0 Å². The molecule has 0 unspecified atom stereocenters. The van der Waals surface area contributed by atoms with E-state index in [-0.39, 0.29) is 29.6 Å². The van der Waals surface area contributed by atoms with Crippen molar-refractivity contribution in [2.75, 3.05) is 7.05 Å². The molecule has 40 valence electrons. The van der Waals surface area contributed by atoms with Gasteiger partial charge in [-0.05, 0) is 12.8 Å². The fourth-order valence-corrected chi connectivity index (χ4v) is 0.378. The molecule has 8 heavy (non-hydrogen) atoms. The molecule has 0 aliphatic carbocycles. The molecular weight excluding hydrogens is 135 g/mol. The van der Waals surface area contributed by atoms with Gasteiger partial charge < -0.3 is 0 Å². The topological polar surface area (TPSA) is 30.9 Å². The maximum absolute atomic E-state index is 3.91. The van der Waals surface area contributed by atoms with Gasteiger partial charge in [0.2, 0.25) is 0 Å². The Labute approximate surface area is 75.7 Å². The Morgan fingerprint density at radius 1 is 1.75 bits per heavy atom. The van der Waals surface area contributed by atoms with Gasteiger partial charge in [0.25, 0.3) is 0 Å². The van der Waals surface area contributed by atoms with Gasteiger partial charge in [0.15, 0.2) is 0 Å². The molecule has 4 nitrogen and oxygen atoms in total. The second kappa shape index (κ2) is 3.58.